The van der Waals surface area contributed by atoms with Crippen LogP contribution in [0.2, 0.25) is 0 Å². The van der Waals surface area contributed by atoms with Crippen LogP contribution >= 0.6 is 0 Å². The summed E-state index contributed by atoms with van der Waals surface area (Å²) >= 11 is 0. The van der Waals surface area contributed by atoms with Gasteiger partial charge in [-0.05, 0) is 20.3 Å². The average molecular weight is 233 g/mol. The summed E-state index contributed by atoms with van der Waals surface area (Å²) in [6.07, 6.45) is 1.50. The van der Waals surface area contributed by atoms with Crippen molar-refractivity contribution < 1.29 is 19.7 Å². The zero-order chi connectivity index (χ0) is 12.6. The zero-order valence-corrected chi connectivity index (χ0v) is 10.3. The Bertz CT molecular complexity index is 206. The van der Waals surface area contributed by atoms with E-state index in [9.17, 15) is 9.90 Å². The molecule has 5 nitrogen and oxygen atoms in total. The number of aliphatic hydroxyl groups excluding tert-OH is 1. The standard InChI is InChI=1S/C11H23NO4/c1-4-6-9(10(14)16-5-2)12-7-11(3,15)8-13/h9,12-13,15H,4-8H2,1-3H3. The molecule has 16 heavy (non-hydrogen) atoms. The van der Waals surface area contributed by atoms with E-state index in [0.717, 1.165) is 6.42 Å². The van der Waals surface area contributed by atoms with Gasteiger partial charge in [-0.3, -0.25) is 4.79 Å². The second-order valence-electron chi connectivity index (χ2n) is 4.13. The van der Waals surface area contributed by atoms with Crippen molar-refractivity contribution >= 4 is 5.97 Å². The summed E-state index contributed by atoms with van der Waals surface area (Å²) in [5.41, 5.74) is -1.21. The number of rotatable bonds is 8. The quantitative estimate of drug-likeness (QED) is 0.516. The van der Waals surface area contributed by atoms with E-state index in [2.05, 4.69) is 5.32 Å². The Kier molecular flexibility index (Phi) is 7.29. The minimum absolute atomic E-state index is 0.160. The predicted molar refractivity (Wildman–Crippen MR) is 61.0 cm³/mol. The molecule has 5 heteroatoms. The average Bonchev–Trinajstić information content (AvgIpc) is 2.24. The molecular weight excluding hydrogens is 210 g/mol. The molecule has 0 aliphatic carbocycles. The number of carbonyl (C=O) groups excluding carboxylic acids is 1. The van der Waals surface area contributed by atoms with Gasteiger partial charge in [0.05, 0.1) is 18.8 Å². The lowest BCUT2D eigenvalue weighted by molar-refractivity contribution is -0.146. The number of aliphatic hydroxyl groups is 2. The highest BCUT2D eigenvalue weighted by Crippen LogP contribution is 2.04. The van der Waals surface area contributed by atoms with Crippen molar-refractivity contribution in [3.05, 3.63) is 0 Å². The van der Waals surface area contributed by atoms with Crippen molar-refractivity contribution in [2.45, 2.75) is 45.3 Å². The first-order valence-electron chi connectivity index (χ1n) is 5.70. The highest BCUT2D eigenvalue weighted by atomic mass is 16.5. The van der Waals surface area contributed by atoms with Crippen molar-refractivity contribution in [1.29, 1.82) is 0 Å². The molecule has 2 atom stereocenters. The minimum Gasteiger partial charge on any atom is -0.465 e. The lowest BCUT2D eigenvalue weighted by atomic mass is 10.1. The van der Waals surface area contributed by atoms with Gasteiger partial charge in [0.25, 0.3) is 0 Å². The zero-order valence-electron chi connectivity index (χ0n) is 10.3. The molecule has 0 radical (unpaired) electrons. The Balaban J connectivity index is 4.17. The van der Waals surface area contributed by atoms with Gasteiger partial charge in [0.1, 0.15) is 6.04 Å². The summed E-state index contributed by atoms with van der Waals surface area (Å²) in [4.78, 5) is 11.5. The topological polar surface area (TPSA) is 78.8 Å². The second kappa shape index (κ2) is 7.60. The summed E-state index contributed by atoms with van der Waals surface area (Å²) in [5, 5.41) is 21.4. The van der Waals surface area contributed by atoms with Gasteiger partial charge >= 0.3 is 5.97 Å². The van der Waals surface area contributed by atoms with Crippen LogP contribution in [0.15, 0.2) is 0 Å². The van der Waals surface area contributed by atoms with E-state index >= 15 is 0 Å². The summed E-state index contributed by atoms with van der Waals surface area (Å²) in [7, 11) is 0. The first kappa shape index (κ1) is 15.3. The molecule has 0 aliphatic heterocycles. The van der Waals surface area contributed by atoms with Crippen LogP contribution < -0.4 is 5.32 Å². The molecule has 0 aromatic heterocycles. The second-order valence-corrected chi connectivity index (χ2v) is 4.13. The minimum atomic E-state index is -1.21. The molecule has 0 aromatic carbocycles. The molecule has 0 rings (SSSR count). The highest BCUT2D eigenvalue weighted by molar-refractivity contribution is 5.75. The number of hydrogen-bond acceptors (Lipinski definition) is 5. The largest absolute Gasteiger partial charge is 0.465 e. The summed E-state index contributed by atoms with van der Waals surface area (Å²) < 4.78 is 4.91. The summed E-state index contributed by atoms with van der Waals surface area (Å²) in [6.45, 7) is 5.39. The molecule has 0 bridgehead atoms. The number of hydrogen-bond donors (Lipinski definition) is 3. The molecule has 0 saturated carbocycles. The molecule has 0 fully saturated rings. The molecule has 0 heterocycles. The maximum absolute atomic E-state index is 11.5. The van der Waals surface area contributed by atoms with Crippen LogP contribution in [0.3, 0.4) is 0 Å². The number of esters is 1. The van der Waals surface area contributed by atoms with Gasteiger partial charge in [-0.25, -0.2) is 0 Å². The predicted octanol–water partition coefficient (Wildman–Crippen LogP) is 0.0511. The fraction of sp³-hybridized carbons (Fsp3) is 0.909. The maximum Gasteiger partial charge on any atom is 0.323 e. The van der Waals surface area contributed by atoms with Crippen LogP contribution in [0.5, 0.6) is 0 Å². The summed E-state index contributed by atoms with van der Waals surface area (Å²) in [5.74, 6) is -0.307. The first-order chi connectivity index (χ1) is 7.46. The first-order valence-corrected chi connectivity index (χ1v) is 5.70. The Morgan fingerprint density at radius 1 is 1.50 bits per heavy atom. The van der Waals surface area contributed by atoms with Crippen LogP contribution in [0.4, 0.5) is 0 Å². The van der Waals surface area contributed by atoms with Crippen molar-refractivity contribution in [2.24, 2.45) is 0 Å². The number of ether oxygens (including phenoxy) is 1. The number of nitrogens with one attached hydrogen (secondary N) is 1. The molecular formula is C11H23NO4. The lowest BCUT2D eigenvalue weighted by Crippen LogP contribution is -2.48. The normalized spacial score (nSPS) is 16.6. The van der Waals surface area contributed by atoms with Crippen molar-refractivity contribution in [1.82, 2.24) is 5.32 Å². The molecule has 0 amide bonds. The Hall–Kier alpha value is -0.650. The molecule has 2 unspecified atom stereocenters. The van der Waals surface area contributed by atoms with E-state index in [-0.39, 0.29) is 19.1 Å². The Morgan fingerprint density at radius 2 is 2.12 bits per heavy atom. The molecule has 3 N–H and O–H groups in total. The van der Waals surface area contributed by atoms with Gasteiger partial charge in [-0.1, -0.05) is 13.3 Å². The smallest absolute Gasteiger partial charge is 0.323 e. The Labute approximate surface area is 96.8 Å². The van der Waals surface area contributed by atoms with E-state index in [1.54, 1.807) is 6.92 Å². The fourth-order valence-electron chi connectivity index (χ4n) is 1.23. The molecule has 0 aromatic rings. The SMILES string of the molecule is CCCC(NCC(C)(O)CO)C(=O)OCC. The van der Waals surface area contributed by atoms with Crippen LogP contribution in [0.25, 0.3) is 0 Å². The van der Waals surface area contributed by atoms with E-state index < -0.39 is 11.6 Å². The third-order valence-corrected chi connectivity index (χ3v) is 2.22. The molecule has 0 spiro atoms. The van der Waals surface area contributed by atoms with Crippen molar-refractivity contribution in [3.8, 4) is 0 Å². The maximum atomic E-state index is 11.5. The van der Waals surface area contributed by atoms with Crippen LogP contribution in [-0.4, -0.2) is 47.6 Å². The third kappa shape index (κ3) is 6.05. The van der Waals surface area contributed by atoms with E-state index in [0.29, 0.717) is 13.0 Å². The Morgan fingerprint density at radius 3 is 2.56 bits per heavy atom. The molecule has 96 valence electrons. The van der Waals surface area contributed by atoms with Crippen LogP contribution in [0.1, 0.15) is 33.6 Å². The van der Waals surface area contributed by atoms with E-state index in [4.69, 9.17) is 9.84 Å². The van der Waals surface area contributed by atoms with Crippen LogP contribution in [-0.2, 0) is 9.53 Å². The molecule has 0 aliphatic rings. The third-order valence-electron chi connectivity index (χ3n) is 2.22. The molecule has 0 saturated heterocycles. The van der Waals surface area contributed by atoms with Gasteiger partial charge in [-0.15, -0.1) is 0 Å². The van der Waals surface area contributed by atoms with Crippen molar-refractivity contribution in [2.75, 3.05) is 19.8 Å². The monoisotopic (exact) mass is 233 g/mol. The summed E-state index contributed by atoms with van der Waals surface area (Å²) in [6, 6.07) is -0.414. The van der Waals surface area contributed by atoms with Crippen molar-refractivity contribution in [3.63, 3.8) is 0 Å². The van der Waals surface area contributed by atoms with Gasteiger partial charge in [0.15, 0.2) is 0 Å². The highest BCUT2D eigenvalue weighted by Gasteiger charge is 2.24. The van der Waals surface area contributed by atoms with Gasteiger partial charge < -0.3 is 20.3 Å². The number of carbonyl (C=O) groups is 1. The fourth-order valence-corrected chi connectivity index (χ4v) is 1.23. The van der Waals surface area contributed by atoms with Gasteiger partial charge in [0, 0.05) is 6.54 Å². The van der Waals surface area contributed by atoms with E-state index in [1.165, 1.54) is 6.92 Å². The lowest BCUT2D eigenvalue weighted by Gasteiger charge is -2.24. The van der Waals surface area contributed by atoms with E-state index in [1.807, 2.05) is 6.92 Å². The van der Waals surface area contributed by atoms with Gasteiger partial charge in [0.2, 0.25) is 0 Å². The van der Waals surface area contributed by atoms with Gasteiger partial charge in [-0.2, -0.15) is 0 Å². The van der Waals surface area contributed by atoms with Crippen LogP contribution in [0, 0.1) is 0 Å².